The summed E-state index contributed by atoms with van der Waals surface area (Å²) in [4.78, 5) is 11.0. The van der Waals surface area contributed by atoms with Gasteiger partial charge >= 0.3 is 12.1 Å². The molecule has 3 nitrogen and oxygen atoms in total. The van der Waals surface area contributed by atoms with E-state index in [1.165, 1.54) is 12.1 Å². The number of fused-ring (bicyclic) bond motifs is 1. The molecule has 20 heavy (non-hydrogen) atoms. The summed E-state index contributed by atoms with van der Waals surface area (Å²) in [6.45, 7) is 1.77. The number of alkyl halides is 3. The van der Waals surface area contributed by atoms with Gasteiger partial charge in [-0.05, 0) is 36.1 Å². The fraction of sp³-hybridized carbons (Fsp3) is 0.462. The summed E-state index contributed by atoms with van der Waals surface area (Å²) in [6.07, 6.45) is -6.86. The van der Waals surface area contributed by atoms with Gasteiger partial charge in [0.1, 0.15) is 11.7 Å². The molecule has 1 heterocycles. The number of carbonyl (C=O) groups is 1. The number of hydrogen-bond donors (Lipinski definition) is 1. The minimum Gasteiger partial charge on any atom is -0.481 e. The van der Waals surface area contributed by atoms with Gasteiger partial charge < -0.3 is 9.84 Å². The van der Waals surface area contributed by atoms with Gasteiger partial charge in [0.2, 0.25) is 6.10 Å². The average molecular weight is 309 g/mol. The number of halogens is 4. The second kappa shape index (κ2) is 5.16. The van der Waals surface area contributed by atoms with Crippen molar-refractivity contribution in [2.75, 3.05) is 0 Å². The Kier molecular flexibility index (Phi) is 3.86. The van der Waals surface area contributed by atoms with Crippen molar-refractivity contribution in [2.45, 2.75) is 32.0 Å². The van der Waals surface area contributed by atoms with Crippen molar-refractivity contribution in [1.82, 2.24) is 0 Å². The lowest BCUT2D eigenvalue weighted by Crippen LogP contribution is -2.47. The molecule has 1 N–H and O–H groups in total. The average Bonchev–Trinajstić information content (AvgIpc) is 2.34. The summed E-state index contributed by atoms with van der Waals surface area (Å²) in [7, 11) is 0. The summed E-state index contributed by atoms with van der Waals surface area (Å²) >= 11 is 5.89. The number of rotatable bonds is 2. The Morgan fingerprint density at radius 2 is 2.15 bits per heavy atom. The zero-order valence-corrected chi connectivity index (χ0v) is 11.3. The topological polar surface area (TPSA) is 46.5 Å². The number of aliphatic carboxylic acids is 1. The van der Waals surface area contributed by atoms with E-state index in [0.29, 0.717) is 22.6 Å². The van der Waals surface area contributed by atoms with Gasteiger partial charge in [-0.3, -0.25) is 4.79 Å². The monoisotopic (exact) mass is 308 g/mol. The Hall–Kier alpha value is -1.43. The molecule has 7 heteroatoms. The molecule has 0 radical (unpaired) electrons. The Morgan fingerprint density at radius 1 is 1.50 bits per heavy atom. The first-order chi connectivity index (χ1) is 9.24. The molecule has 0 saturated carbocycles. The highest BCUT2D eigenvalue weighted by molar-refractivity contribution is 6.30. The van der Waals surface area contributed by atoms with Crippen LogP contribution in [0.4, 0.5) is 13.2 Å². The largest absolute Gasteiger partial charge is 0.481 e. The molecule has 1 aromatic rings. The first-order valence-electron chi connectivity index (χ1n) is 6.01. The summed E-state index contributed by atoms with van der Waals surface area (Å²) in [5.41, 5.74) is 0.952. The molecule has 0 saturated heterocycles. The lowest BCUT2D eigenvalue weighted by molar-refractivity contribution is -0.217. The molecule has 2 atom stereocenters. The molecule has 2 rings (SSSR count). The van der Waals surface area contributed by atoms with Crippen molar-refractivity contribution in [3.8, 4) is 5.75 Å². The van der Waals surface area contributed by atoms with E-state index in [-0.39, 0.29) is 12.2 Å². The Labute approximate surface area is 118 Å². The normalized spacial score (nSPS) is 22.1. The van der Waals surface area contributed by atoms with Crippen LogP contribution in [-0.4, -0.2) is 23.4 Å². The zero-order valence-electron chi connectivity index (χ0n) is 10.5. The van der Waals surface area contributed by atoms with E-state index >= 15 is 0 Å². The molecule has 110 valence electrons. The maximum absolute atomic E-state index is 12.9. The van der Waals surface area contributed by atoms with E-state index in [4.69, 9.17) is 21.4 Å². The fourth-order valence-corrected chi connectivity index (χ4v) is 2.61. The number of aryl methyl sites for hydroxylation is 1. The molecule has 1 aliphatic heterocycles. The van der Waals surface area contributed by atoms with Crippen LogP contribution in [0.5, 0.6) is 5.75 Å². The molecule has 0 spiro atoms. The third-order valence-corrected chi connectivity index (χ3v) is 3.50. The van der Waals surface area contributed by atoms with Crippen LogP contribution < -0.4 is 4.74 Å². The van der Waals surface area contributed by atoms with E-state index in [1.807, 2.05) is 0 Å². The summed E-state index contributed by atoms with van der Waals surface area (Å²) in [5.74, 6) is -3.08. The first kappa shape index (κ1) is 15.0. The summed E-state index contributed by atoms with van der Waals surface area (Å²) < 4.78 is 43.8. The highest BCUT2D eigenvalue weighted by Crippen LogP contribution is 2.41. The van der Waals surface area contributed by atoms with Gasteiger partial charge in [0, 0.05) is 5.02 Å². The highest BCUT2D eigenvalue weighted by Gasteiger charge is 2.52. The lowest BCUT2D eigenvalue weighted by atomic mass is 9.88. The first-order valence-corrected chi connectivity index (χ1v) is 6.39. The van der Waals surface area contributed by atoms with Crippen molar-refractivity contribution in [1.29, 1.82) is 0 Å². The summed E-state index contributed by atoms with van der Waals surface area (Å²) in [5, 5.41) is 9.34. The SMILES string of the molecule is CCc1cc(Cl)cc2c1OC(C(F)(F)F)C(C(=O)O)C2. The van der Waals surface area contributed by atoms with Gasteiger partial charge in [0.05, 0.1) is 0 Å². The molecule has 0 aliphatic carbocycles. The van der Waals surface area contributed by atoms with Gasteiger partial charge in [-0.25, -0.2) is 0 Å². The van der Waals surface area contributed by atoms with E-state index < -0.39 is 24.2 Å². The van der Waals surface area contributed by atoms with Crippen LogP contribution in [0, 0.1) is 5.92 Å². The van der Waals surface area contributed by atoms with Crippen molar-refractivity contribution in [3.63, 3.8) is 0 Å². The number of ether oxygens (including phenoxy) is 1. The van der Waals surface area contributed by atoms with Crippen LogP contribution in [0.1, 0.15) is 18.1 Å². The van der Waals surface area contributed by atoms with Gasteiger partial charge in [0.15, 0.2) is 0 Å². The fourth-order valence-electron chi connectivity index (χ4n) is 2.34. The second-order valence-electron chi connectivity index (χ2n) is 4.64. The maximum Gasteiger partial charge on any atom is 0.426 e. The quantitative estimate of drug-likeness (QED) is 0.910. The summed E-state index contributed by atoms with van der Waals surface area (Å²) in [6, 6.07) is 2.99. The van der Waals surface area contributed by atoms with Gasteiger partial charge in [-0.2, -0.15) is 13.2 Å². The number of carboxylic acids is 1. The van der Waals surface area contributed by atoms with Crippen molar-refractivity contribution < 1.29 is 27.8 Å². The maximum atomic E-state index is 12.9. The van der Waals surface area contributed by atoms with Crippen LogP contribution in [0.3, 0.4) is 0 Å². The zero-order chi connectivity index (χ0) is 15.1. The molecule has 1 aromatic carbocycles. The minimum atomic E-state index is -4.73. The van der Waals surface area contributed by atoms with Crippen LogP contribution in [0.25, 0.3) is 0 Å². The van der Waals surface area contributed by atoms with Crippen LogP contribution in [-0.2, 0) is 17.6 Å². The Bertz CT molecular complexity index is 542. The molecule has 0 amide bonds. The van der Waals surface area contributed by atoms with E-state index in [1.54, 1.807) is 6.92 Å². The highest BCUT2D eigenvalue weighted by atomic mass is 35.5. The Balaban J connectivity index is 2.50. The van der Waals surface area contributed by atoms with Gasteiger partial charge in [-0.15, -0.1) is 0 Å². The lowest BCUT2D eigenvalue weighted by Gasteiger charge is -2.33. The minimum absolute atomic E-state index is 0.108. The van der Waals surface area contributed by atoms with Crippen LogP contribution in [0.2, 0.25) is 5.02 Å². The molecule has 0 fully saturated rings. The predicted molar refractivity (Wildman–Crippen MR) is 66.1 cm³/mol. The molecule has 0 bridgehead atoms. The number of carboxylic acid groups (broad SMARTS) is 1. The molecular weight excluding hydrogens is 297 g/mol. The molecular formula is C13H12ClF3O3. The second-order valence-corrected chi connectivity index (χ2v) is 5.07. The standard InChI is InChI=1S/C13H12ClF3O3/c1-2-6-3-8(14)4-7-5-9(12(18)19)11(13(15,16)17)20-10(6)7/h3-4,9,11H,2,5H2,1H3,(H,18,19). The predicted octanol–water partition coefficient (Wildman–Crippen LogP) is 3.47. The molecule has 0 aromatic heterocycles. The van der Waals surface area contributed by atoms with E-state index in [2.05, 4.69) is 0 Å². The third-order valence-electron chi connectivity index (χ3n) is 3.28. The van der Waals surface area contributed by atoms with E-state index in [9.17, 15) is 18.0 Å². The third kappa shape index (κ3) is 2.70. The van der Waals surface area contributed by atoms with Crippen LogP contribution >= 0.6 is 11.6 Å². The Morgan fingerprint density at radius 3 is 2.65 bits per heavy atom. The van der Waals surface area contributed by atoms with Crippen molar-refractivity contribution >= 4 is 17.6 Å². The van der Waals surface area contributed by atoms with Crippen molar-refractivity contribution in [2.24, 2.45) is 5.92 Å². The van der Waals surface area contributed by atoms with E-state index in [0.717, 1.165) is 0 Å². The molecule has 1 aliphatic rings. The number of benzene rings is 1. The van der Waals surface area contributed by atoms with Gasteiger partial charge in [-0.1, -0.05) is 18.5 Å². The van der Waals surface area contributed by atoms with Gasteiger partial charge in [0.25, 0.3) is 0 Å². The van der Waals surface area contributed by atoms with Crippen LogP contribution in [0.15, 0.2) is 12.1 Å². The van der Waals surface area contributed by atoms with Crippen molar-refractivity contribution in [3.05, 3.63) is 28.3 Å². The number of hydrogen-bond acceptors (Lipinski definition) is 2. The molecule has 2 unspecified atom stereocenters. The smallest absolute Gasteiger partial charge is 0.426 e.